The van der Waals surface area contributed by atoms with Crippen LogP contribution in [0.2, 0.25) is 0 Å². The van der Waals surface area contributed by atoms with E-state index in [1.165, 1.54) is 22.5 Å². The third kappa shape index (κ3) is 2.10. The van der Waals surface area contributed by atoms with Gasteiger partial charge in [0.15, 0.2) is 0 Å². The fraction of sp³-hybridized carbons (Fsp3) is 0.214. The molecule has 2 aromatic rings. The molecule has 0 fully saturated rings. The van der Waals surface area contributed by atoms with Crippen molar-refractivity contribution in [3.63, 3.8) is 0 Å². The van der Waals surface area contributed by atoms with Crippen molar-refractivity contribution in [2.45, 2.75) is 12.3 Å². The van der Waals surface area contributed by atoms with E-state index in [0.717, 1.165) is 22.3 Å². The first-order chi connectivity index (χ1) is 8.75. The minimum atomic E-state index is 0.0151. The Kier molecular flexibility index (Phi) is 3.22. The van der Waals surface area contributed by atoms with Gasteiger partial charge in [0.1, 0.15) is 4.88 Å². The highest BCUT2D eigenvalue weighted by molar-refractivity contribution is 9.10. The Balaban J connectivity index is 1.61. The summed E-state index contributed by atoms with van der Waals surface area (Å²) >= 11 is 4.84. The summed E-state index contributed by atoms with van der Waals surface area (Å²) in [7, 11) is 0. The lowest BCUT2D eigenvalue weighted by Gasteiger charge is -2.30. The van der Waals surface area contributed by atoms with Crippen molar-refractivity contribution in [1.82, 2.24) is 5.32 Å². The third-order valence-electron chi connectivity index (χ3n) is 3.29. The second-order valence-electron chi connectivity index (χ2n) is 4.41. The van der Waals surface area contributed by atoms with E-state index in [-0.39, 0.29) is 5.91 Å². The van der Waals surface area contributed by atoms with Gasteiger partial charge in [-0.2, -0.15) is 0 Å². The monoisotopic (exact) mass is 321 g/mol. The molecule has 0 saturated carbocycles. The quantitative estimate of drug-likeness (QED) is 0.919. The Labute approximate surface area is 118 Å². The van der Waals surface area contributed by atoms with Crippen LogP contribution >= 0.6 is 27.3 Å². The number of hydrogen-bond donors (Lipinski definition) is 1. The standard InChI is InChI=1S/C14H12BrNOS/c15-12-5-6-18-13(12)14(17)16-8-10-7-9-3-1-2-4-11(9)10/h1-6,10H,7-8H2,(H,16,17). The molecule has 18 heavy (non-hydrogen) atoms. The number of fused-ring (bicyclic) bond motifs is 1. The first kappa shape index (κ1) is 11.9. The molecular formula is C14H12BrNOS. The van der Waals surface area contributed by atoms with Crippen LogP contribution in [0.15, 0.2) is 40.2 Å². The summed E-state index contributed by atoms with van der Waals surface area (Å²) in [6, 6.07) is 10.3. The van der Waals surface area contributed by atoms with Crippen LogP contribution in [0.25, 0.3) is 0 Å². The maximum atomic E-state index is 12.0. The molecule has 1 atom stereocenters. The molecule has 4 heteroatoms. The van der Waals surface area contributed by atoms with Gasteiger partial charge in [0.05, 0.1) is 0 Å². The first-order valence-corrected chi connectivity index (χ1v) is 7.52. The third-order valence-corrected chi connectivity index (χ3v) is 5.13. The van der Waals surface area contributed by atoms with Gasteiger partial charge in [-0.15, -0.1) is 11.3 Å². The van der Waals surface area contributed by atoms with E-state index in [0.29, 0.717) is 5.92 Å². The predicted octanol–water partition coefficient (Wildman–Crippen LogP) is 3.58. The highest BCUT2D eigenvalue weighted by Crippen LogP contribution is 2.34. The van der Waals surface area contributed by atoms with Crippen LogP contribution in [0.5, 0.6) is 0 Å². The van der Waals surface area contributed by atoms with Crippen LogP contribution in [0.3, 0.4) is 0 Å². The zero-order chi connectivity index (χ0) is 12.5. The molecule has 0 aliphatic heterocycles. The number of thiophene rings is 1. The number of benzene rings is 1. The molecule has 0 radical (unpaired) electrons. The molecule has 0 bridgehead atoms. The summed E-state index contributed by atoms with van der Waals surface area (Å²) in [6.07, 6.45) is 1.07. The molecule has 1 amide bonds. The zero-order valence-electron chi connectivity index (χ0n) is 9.65. The largest absolute Gasteiger partial charge is 0.351 e. The van der Waals surface area contributed by atoms with Crippen LogP contribution in [-0.2, 0) is 6.42 Å². The van der Waals surface area contributed by atoms with Crippen molar-refractivity contribution in [1.29, 1.82) is 0 Å². The van der Waals surface area contributed by atoms with Crippen LogP contribution in [0, 0.1) is 0 Å². The normalized spacial score (nSPS) is 16.8. The van der Waals surface area contributed by atoms with Crippen molar-refractivity contribution in [3.8, 4) is 0 Å². The highest BCUT2D eigenvalue weighted by atomic mass is 79.9. The smallest absolute Gasteiger partial charge is 0.262 e. The summed E-state index contributed by atoms with van der Waals surface area (Å²) in [5.41, 5.74) is 2.79. The molecule has 92 valence electrons. The van der Waals surface area contributed by atoms with Gasteiger partial charge in [-0.25, -0.2) is 0 Å². The van der Waals surface area contributed by atoms with E-state index in [2.05, 4.69) is 45.5 Å². The second-order valence-corrected chi connectivity index (χ2v) is 6.18. The van der Waals surface area contributed by atoms with Crippen molar-refractivity contribution in [2.24, 2.45) is 0 Å². The Morgan fingerprint density at radius 2 is 2.22 bits per heavy atom. The molecular weight excluding hydrogens is 310 g/mol. The van der Waals surface area contributed by atoms with Crippen LogP contribution in [0.1, 0.15) is 26.7 Å². The van der Waals surface area contributed by atoms with Crippen LogP contribution < -0.4 is 5.32 Å². The predicted molar refractivity (Wildman–Crippen MR) is 77.2 cm³/mol. The van der Waals surface area contributed by atoms with Crippen LogP contribution in [-0.4, -0.2) is 12.5 Å². The van der Waals surface area contributed by atoms with Crippen LogP contribution in [0.4, 0.5) is 0 Å². The fourth-order valence-electron chi connectivity index (χ4n) is 2.30. The molecule has 1 aromatic carbocycles. The SMILES string of the molecule is O=C(NCC1Cc2ccccc21)c1sccc1Br. The van der Waals surface area contributed by atoms with E-state index in [4.69, 9.17) is 0 Å². The summed E-state index contributed by atoms with van der Waals surface area (Å²) in [5, 5.41) is 4.92. The van der Waals surface area contributed by atoms with E-state index >= 15 is 0 Å². The topological polar surface area (TPSA) is 29.1 Å². The van der Waals surface area contributed by atoms with E-state index in [1.807, 2.05) is 11.4 Å². The summed E-state index contributed by atoms with van der Waals surface area (Å²) in [4.78, 5) is 12.7. The maximum Gasteiger partial charge on any atom is 0.262 e. The number of rotatable bonds is 3. The van der Waals surface area contributed by atoms with Gasteiger partial charge in [-0.1, -0.05) is 24.3 Å². The lowest BCUT2D eigenvalue weighted by atomic mass is 9.77. The zero-order valence-corrected chi connectivity index (χ0v) is 12.1. The number of hydrogen-bond acceptors (Lipinski definition) is 2. The maximum absolute atomic E-state index is 12.0. The van der Waals surface area contributed by atoms with E-state index in [9.17, 15) is 4.79 Å². The molecule has 1 aliphatic rings. The Morgan fingerprint density at radius 3 is 2.94 bits per heavy atom. The molecule has 1 N–H and O–H groups in total. The van der Waals surface area contributed by atoms with Crippen molar-refractivity contribution in [2.75, 3.05) is 6.54 Å². The minimum Gasteiger partial charge on any atom is -0.351 e. The summed E-state index contributed by atoms with van der Waals surface area (Å²) in [6.45, 7) is 0.722. The molecule has 0 saturated heterocycles. The van der Waals surface area contributed by atoms with Gasteiger partial charge in [0.25, 0.3) is 5.91 Å². The second kappa shape index (κ2) is 4.86. The van der Waals surface area contributed by atoms with E-state index < -0.39 is 0 Å². The van der Waals surface area contributed by atoms with Crippen molar-refractivity contribution < 1.29 is 4.79 Å². The number of halogens is 1. The van der Waals surface area contributed by atoms with Gasteiger partial charge in [0.2, 0.25) is 0 Å². The fourth-order valence-corrected chi connectivity index (χ4v) is 3.76. The molecule has 2 nitrogen and oxygen atoms in total. The minimum absolute atomic E-state index is 0.0151. The number of amides is 1. The molecule has 1 aromatic heterocycles. The van der Waals surface area contributed by atoms with Crippen molar-refractivity contribution >= 4 is 33.2 Å². The first-order valence-electron chi connectivity index (χ1n) is 5.84. The molecule has 3 rings (SSSR count). The van der Waals surface area contributed by atoms with Gasteiger partial charge in [-0.3, -0.25) is 4.79 Å². The van der Waals surface area contributed by atoms with Gasteiger partial charge in [-0.05, 0) is 44.9 Å². The molecule has 1 heterocycles. The van der Waals surface area contributed by atoms with Gasteiger partial charge < -0.3 is 5.32 Å². The van der Waals surface area contributed by atoms with E-state index in [1.54, 1.807) is 0 Å². The van der Waals surface area contributed by atoms with Crippen molar-refractivity contribution in [3.05, 3.63) is 56.2 Å². The number of carbonyl (C=O) groups is 1. The Hall–Kier alpha value is -1.13. The molecule has 1 aliphatic carbocycles. The lowest BCUT2D eigenvalue weighted by Crippen LogP contribution is -2.32. The lowest BCUT2D eigenvalue weighted by molar-refractivity contribution is 0.0953. The Bertz CT molecular complexity index is 593. The summed E-state index contributed by atoms with van der Waals surface area (Å²) < 4.78 is 0.874. The summed E-state index contributed by atoms with van der Waals surface area (Å²) in [5.74, 6) is 0.491. The molecule has 1 unspecified atom stereocenters. The Morgan fingerprint density at radius 1 is 1.39 bits per heavy atom. The van der Waals surface area contributed by atoms with Gasteiger partial charge >= 0.3 is 0 Å². The highest BCUT2D eigenvalue weighted by Gasteiger charge is 2.25. The number of nitrogens with one attached hydrogen (secondary N) is 1. The molecule has 0 spiro atoms. The number of carbonyl (C=O) groups excluding carboxylic acids is 1. The average Bonchev–Trinajstić information content (AvgIpc) is 2.76. The average molecular weight is 322 g/mol. The van der Waals surface area contributed by atoms with Gasteiger partial charge in [0, 0.05) is 16.9 Å².